The molecule has 30 heavy (non-hydrogen) atoms. The van der Waals surface area contributed by atoms with Gasteiger partial charge in [-0.15, -0.1) is 23.7 Å². The van der Waals surface area contributed by atoms with Crippen molar-refractivity contribution in [1.29, 1.82) is 0 Å². The second kappa shape index (κ2) is 9.07. The van der Waals surface area contributed by atoms with Crippen LogP contribution in [0.25, 0.3) is 15.8 Å². The highest BCUT2D eigenvalue weighted by Crippen LogP contribution is 2.36. The first-order valence-electron chi connectivity index (χ1n) is 10.2. The molecule has 154 valence electrons. The molecule has 0 bridgehead atoms. The number of halogens is 1. The molecule has 1 aliphatic rings. The maximum Gasteiger partial charge on any atom is 0.258 e. The number of hydrogen-bond donors (Lipinski definition) is 0. The van der Waals surface area contributed by atoms with Crippen LogP contribution in [0.5, 0.6) is 5.75 Å². The number of thiophene rings is 1. The van der Waals surface area contributed by atoms with Crippen LogP contribution in [0.4, 0.5) is 0 Å². The van der Waals surface area contributed by atoms with Crippen LogP contribution in [0.3, 0.4) is 0 Å². The van der Waals surface area contributed by atoms with Crippen molar-refractivity contribution in [2.24, 2.45) is 0 Å². The lowest BCUT2D eigenvalue weighted by Crippen LogP contribution is -2.16. The van der Waals surface area contributed by atoms with E-state index in [1.807, 2.05) is 53.9 Å². The van der Waals surface area contributed by atoms with Gasteiger partial charge in [-0.2, -0.15) is 0 Å². The summed E-state index contributed by atoms with van der Waals surface area (Å²) in [5.41, 5.74) is 3.45. The maximum absolute atomic E-state index is 12.7. The third-order valence-electron chi connectivity index (χ3n) is 5.61. The first-order valence-corrected chi connectivity index (χ1v) is 11.0. The first kappa shape index (κ1) is 20.7. The molecule has 0 fully saturated rings. The van der Waals surface area contributed by atoms with Crippen molar-refractivity contribution in [2.75, 3.05) is 0 Å². The lowest BCUT2D eigenvalue weighted by Gasteiger charge is -2.09. The van der Waals surface area contributed by atoms with Crippen LogP contribution in [0.2, 0.25) is 0 Å². The van der Waals surface area contributed by atoms with E-state index in [0.717, 1.165) is 11.3 Å². The molecule has 2 aromatic heterocycles. The normalized spacial score (nSPS) is 13.3. The van der Waals surface area contributed by atoms with Crippen LogP contribution in [-0.4, -0.2) is 4.57 Å². The molecule has 0 unspecified atom stereocenters. The van der Waals surface area contributed by atoms with Crippen LogP contribution in [0.1, 0.15) is 35.3 Å². The van der Waals surface area contributed by atoms with Crippen molar-refractivity contribution in [1.82, 2.24) is 4.57 Å². The Morgan fingerprint density at radius 1 is 0.933 bits per heavy atom. The molecular formula is C25H24ClNO2S. The fraction of sp³-hybridized carbons (Fsp3) is 0.240. The van der Waals surface area contributed by atoms with Gasteiger partial charge in [0.1, 0.15) is 12.4 Å². The largest absolute Gasteiger partial charge is 0.489 e. The number of aromatic nitrogens is 1. The number of pyridine rings is 1. The summed E-state index contributed by atoms with van der Waals surface area (Å²) in [6.45, 7) is 0.455. The van der Waals surface area contributed by atoms with Crippen molar-refractivity contribution >= 4 is 33.8 Å². The van der Waals surface area contributed by atoms with Gasteiger partial charge in [0, 0.05) is 21.8 Å². The summed E-state index contributed by atoms with van der Waals surface area (Å²) in [5, 5.41) is 1.37. The smallest absolute Gasteiger partial charge is 0.258 e. The zero-order valence-corrected chi connectivity index (χ0v) is 18.3. The van der Waals surface area contributed by atoms with E-state index in [2.05, 4.69) is 18.2 Å². The lowest BCUT2D eigenvalue weighted by atomic mass is 10.1. The average Bonchev–Trinajstić information content (AvgIpc) is 2.92. The quantitative estimate of drug-likeness (QED) is 0.350. The Hall–Kier alpha value is -2.56. The number of aryl methyl sites for hydroxylation is 2. The van der Waals surface area contributed by atoms with Gasteiger partial charge >= 0.3 is 0 Å². The van der Waals surface area contributed by atoms with E-state index in [-0.39, 0.29) is 18.0 Å². The molecule has 0 saturated heterocycles. The second-order valence-corrected chi connectivity index (χ2v) is 8.73. The number of hydrogen-bond acceptors (Lipinski definition) is 3. The molecule has 0 saturated carbocycles. The van der Waals surface area contributed by atoms with Gasteiger partial charge in [-0.05, 0) is 60.4 Å². The Morgan fingerprint density at radius 3 is 2.60 bits per heavy atom. The second-order valence-electron chi connectivity index (χ2n) is 7.59. The molecule has 0 aliphatic heterocycles. The Kier molecular flexibility index (Phi) is 6.26. The van der Waals surface area contributed by atoms with Gasteiger partial charge in [0.05, 0.1) is 5.69 Å². The van der Waals surface area contributed by atoms with Gasteiger partial charge in [-0.1, -0.05) is 42.8 Å². The molecule has 1 aliphatic carbocycles. The van der Waals surface area contributed by atoms with Gasteiger partial charge < -0.3 is 4.74 Å². The van der Waals surface area contributed by atoms with E-state index in [4.69, 9.17) is 4.74 Å². The predicted octanol–water partition coefficient (Wildman–Crippen LogP) is 6.32. The van der Waals surface area contributed by atoms with E-state index < -0.39 is 0 Å². The third kappa shape index (κ3) is 4.16. The Labute approximate surface area is 186 Å². The van der Waals surface area contributed by atoms with Crippen molar-refractivity contribution in [2.45, 2.75) is 38.7 Å². The fourth-order valence-electron chi connectivity index (χ4n) is 4.08. The van der Waals surface area contributed by atoms with Crippen LogP contribution in [0, 0.1) is 0 Å². The Morgan fingerprint density at radius 2 is 1.77 bits per heavy atom. The molecule has 0 radical (unpaired) electrons. The number of nitrogens with zero attached hydrogens (tertiary/aromatic N) is 1. The van der Waals surface area contributed by atoms with Crippen LogP contribution < -0.4 is 10.3 Å². The van der Waals surface area contributed by atoms with Crippen molar-refractivity contribution in [3.63, 3.8) is 0 Å². The number of fused-ring (bicyclic) bond motifs is 3. The molecule has 0 N–H and O–H groups in total. The summed E-state index contributed by atoms with van der Waals surface area (Å²) in [7, 11) is 0. The number of rotatable bonds is 4. The third-order valence-corrected chi connectivity index (χ3v) is 6.86. The highest BCUT2D eigenvalue weighted by molar-refractivity contribution is 7.19. The molecule has 3 nitrogen and oxygen atoms in total. The summed E-state index contributed by atoms with van der Waals surface area (Å²) < 4.78 is 8.77. The van der Waals surface area contributed by atoms with E-state index >= 15 is 0 Å². The highest BCUT2D eigenvalue weighted by atomic mass is 35.5. The highest BCUT2D eigenvalue weighted by Gasteiger charge is 2.15. The molecular weight excluding hydrogens is 414 g/mol. The average molecular weight is 438 g/mol. The van der Waals surface area contributed by atoms with Crippen LogP contribution in [0.15, 0.2) is 71.7 Å². The van der Waals surface area contributed by atoms with E-state index in [0.29, 0.717) is 12.4 Å². The van der Waals surface area contributed by atoms with Crippen molar-refractivity contribution < 1.29 is 4.74 Å². The summed E-state index contributed by atoms with van der Waals surface area (Å²) in [6.07, 6.45) is 8.08. The molecule has 2 aromatic carbocycles. The van der Waals surface area contributed by atoms with Gasteiger partial charge in [-0.3, -0.25) is 9.36 Å². The summed E-state index contributed by atoms with van der Waals surface area (Å²) in [4.78, 5) is 14.2. The SMILES string of the molecule is Cl.O=c1cc(OCc2ccccc2)ccn1-c1ccc2c3c(sc2c1)CCCCC3. The van der Waals surface area contributed by atoms with Crippen LogP contribution in [-0.2, 0) is 19.4 Å². The minimum atomic E-state index is -0.0759. The minimum Gasteiger partial charge on any atom is -0.489 e. The Balaban J connectivity index is 0.00000218. The van der Waals surface area contributed by atoms with Gasteiger partial charge in [-0.25, -0.2) is 0 Å². The lowest BCUT2D eigenvalue weighted by molar-refractivity contribution is 0.305. The first-order chi connectivity index (χ1) is 14.3. The predicted molar refractivity (Wildman–Crippen MR) is 127 cm³/mol. The summed E-state index contributed by atoms with van der Waals surface area (Å²) >= 11 is 1.90. The van der Waals surface area contributed by atoms with E-state index in [9.17, 15) is 4.79 Å². The van der Waals surface area contributed by atoms with Gasteiger partial charge in [0.25, 0.3) is 5.56 Å². The summed E-state index contributed by atoms with van der Waals surface area (Å²) in [5.74, 6) is 0.596. The molecule has 2 heterocycles. The molecule has 0 atom stereocenters. The van der Waals surface area contributed by atoms with Crippen LogP contribution >= 0.6 is 23.7 Å². The van der Waals surface area contributed by atoms with E-state index in [1.165, 1.54) is 52.6 Å². The Bertz CT molecular complexity index is 1210. The minimum absolute atomic E-state index is 0. The fourth-order valence-corrected chi connectivity index (χ4v) is 5.41. The summed E-state index contributed by atoms with van der Waals surface area (Å²) in [6, 6.07) is 19.8. The maximum atomic E-state index is 12.7. The van der Waals surface area contributed by atoms with Crippen molar-refractivity contribution in [3.8, 4) is 11.4 Å². The molecule has 0 spiro atoms. The van der Waals surface area contributed by atoms with Gasteiger partial charge in [0.2, 0.25) is 0 Å². The number of ether oxygens (including phenoxy) is 1. The molecule has 4 aromatic rings. The van der Waals surface area contributed by atoms with Gasteiger partial charge in [0.15, 0.2) is 0 Å². The number of benzene rings is 2. The van der Waals surface area contributed by atoms with E-state index in [1.54, 1.807) is 10.6 Å². The zero-order valence-electron chi connectivity index (χ0n) is 16.7. The molecule has 5 rings (SSSR count). The van der Waals surface area contributed by atoms with Crippen molar-refractivity contribution in [3.05, 3.63) is 93.2 Å². The monoisotopic (exact) mass is 437 g/mol. The molecule has 5 heteroatoms. The molecule has 0 amide bonds. The topological polar surface area (TPSA) is 31.2 Å². The standard InChI is InChI=1S/C25H23NO2S.ClH/c27-25-16-20(28-17-18-7-3-1-4-8-18)13-14-26(25)19-11-12-22-21-9-5-2-6-10-23(21)29-24(22)15-19;/h1,3-4,7-8,11-16H,2,5-6,9-10,17H2;1H. The zero-order chi connectivity index (χ0) is 19.6.